The Labute approximate surface area is 406 Å². The summed E-state index contributed by atoms with van der Waals surface area (Å²) in [5.41, 5.74) is -1.09. The Morgan fingerprint density at radius 2 is 1.47 bits per heavy atom. The highest BCUT2D eigenvalue weighted by Crippen LogP contribution is 2.43. The lowest BCUT2D eigenvalue weighted by atomic mass is 9.88. The number of aliphatic hydroxyl groups is 1. The number of carbonyl (C=O) groups excluding carboxylic acids is 2. The molecule has 0 saturated carbocycles. The average Bonchev–Trinajstić information content (AvgIpc) is 4.08. The number of rotatable bonds is 24. The van der Waals surface area contributed by atoms with Crippen LogP contribution < -0.4 is 0 Å². The van der Waals surface area contributed by atoms with Crippen LogP contribution in [0.15, 0.2) is 36.0 Å². The number of hydrogen-bond acceptors (Lipinski definition) is 10. The van der Waals surface area contributed by atoms with Gasteiger partial charge in [-0.05, 0) is 113 Å². The number of esters is 1. The van der Waals surface area contributed by atoms with Gasteiger partial charge < -0.3 is 42.4 Å². The molecule has 10 atom stereocenters. The zero-order valence-electron chi connectivity index (χ0n) is 44.8. The molecule has 382 valence electrons. The molecule has 0 aromatic carbocycles. The molecule has 1 amide bonds. The molecule has 14 heteroatoms. The minimum absolute atomic E-state index is 0.0774. The summed E-state index contributed by atoms with van der Waals surface area (Å²) in [6.07, 6.45) is 10.6. The molecule has 0 aliphatic carbocycles. The van der Waals surface area contributed by atoms with Crippen molar-refractivity contribution in [3.8, 4) is 0 Å². The third-order valence-electron chi connectivity index (χ3n) is 16.4. The normalized spacial score (nSPS) is 28.6. The van der Waals surface area contributed by atoms with Gasteiger partial charge in [-0.2, -0.15) is 0 Å². The number of likely N-dealkylation sites (N-methyl/N-ethyl adjacent to an activating group) is 1. The summed E-state index contributed by atoms with van der Waals surface area (Å²) in [5.74, 6) is -0.334. The van der Waals surface area contributed by atoms with Gasteiger partial charge in [-0.15, -0.1) is 0 Å². The van der Waals surface area contributed by atoms with Crippen molar-refractivity contribution in [2.45, 2.75) is 238 Å². The minimum Gasteiger partial charge on any atom is -0.457 e. The third-order valence-corrected chi connectivity index (χ3v) is 30.5. The number of amides is 1. The molecule has 0 aromatic heterocycles. The fraction of sp³-hybridized carbons (Fsp3) is 0.846. The van der Waals surface area contributed by atoms with Gasteiger partial charge in [0.15, 0.2) is 31.1 Å². The Balaban J connectivity index is 2.00. The van der Waals surface area contributed by atoms with E-state index in [0.29, 0.717) is 19.5 Å². The monoisotopic (exact) mass is 979 g/mol. The third kappa shape index (κ3) is 16.2. The summed E-state index contributed by atoms with van der Waals surface area (Å²) >= 11 is 0. The lowest BCUT2D eigenvalue weighted by Crippen LogP contribution is -2.50. The number of hydrogen-bond donors (Lipinski definition) is 1. The Kier molecular flexibility index (Phi) is 23.6. The molecule has 0 radical (unpaired) electrons. The van der Waals surface area contributed by atoms with Gasteiger partial charge in [0.2, 0.25) is 0 Å². The van der Waals surface area contributed by atoms with E-state index < -0.39 is 60.6 Å². The number of piperazine rings is 1. The summed E-state index contributed by atoms with van der Waals surface area (Å²) in [6.45, 7) is 35.4. The molecular weight excluding hydrogens is 881 g/mol. The van der Waals surface area contributed by atoms with E-state index in [4.69, 9.17) is 27.5 Å². The summed E-state index contributed by atoms with van der Waals surface area (Å²) in [7, 11) is -3.92. The first-order chi connectivity index (χ1) is 31.1. The number of ether oxygens (including phenoxy) is 3. The van der Waals surface area contributed by atoms with Gasteiger partial charge in [0.05, 0.1) is 30.3 Å². The zero-order chi connectivity index (χ0) is 49.5. The van der Waals surface area contributed by atoms with Crippen molar-refractivity contribution in [3.05, 3.63) is 36.0 Å². The summed E-state index contributed by atoms with van der Waals surface area (Å²) in [4.78, 5) is 31.6. The van der Waals surface area contributed by atoms with Crippen LogP contribution in [0.25, 0.3) is 0 Å². The van der Waals surface area contributed by atoms with E-state index >= 15 is 0 Å². The molecule has 3 aliphatic heterocycles. The molecule has 1 N–H and O–H groups in total. The number of carbonyl (C=O) groups is 2. The lowest BCUT2D eigenvalue weighted by Gasteiger charge is -2.39. The maximum atomic E-state index is 14.1. The average molecular weight is 980 g/mol. The van der Waals surface area contributed by atoms with Gasteiger partial charge >= 0.3 is 12.1 Å². The highest BCUT2D eigenvalue weighted by atomic mass is 28.4. The first kappa shape index (κ1) is 58.7. The molecule has 2 fully saturated rings. The maximum Gasteiger partial charge on any atom is 0.410 e. The van der Waals surface area contributed by atoms with Gasteiger partial charge in [0.1, 0.15) is 11.7 Å². The summed E-state index contributed by atoms with van der Waals surface area (Å²) in [6, 6.07) is 9.33. The van der Waals surface area contributed by atoms with Crippen LogP contribution in [0.2, 0.25) is 54.4 Å². The van der Waals surface area contributed by atoms with Crippen molar-refractivity contribution in [2.24, 2.45) is 11.8 Å². The number of nitrogens with zero attached hydrogens (tertiary/aromatic N) is 2. The lowest BCUT2D eigenvalue weighted by molar-refractivity contribution is -0.151. The number of epoxide rings is 1. The molecule has 0 aromatic rings. The maximum absolute atomic E-state index is 14.1. The van der Waals surface area contributed by atoms with Crippen LogP contribution in [0.5, 0.6) is 0 Å². The smallest absolute Gasteiger partial charge is 0.410 e. The largest absolute Gasteiger partial charge is 0.457 e. The van der Waals surface area contributed by atoms with Crippen molar-refractivity contribution in [3.63, 3.8) is 0 Å². The van der Waals surface area contributed by atoms with E-state index in [2.05, 4.69) is 106 Å². The Morgan fingerprint density at radius 3 is 2.00 bits per heavy atom. The van der Waals surface area contributed by atoms with E-state index in [0.717, 1.165) is 85.9 Å². The van der Waals surface area contributed by atoms with Crippen LogP contribution in [0, 0.1) is 11.8 Å². The van der Waals surface area contributed by atoms with Crippen LogP contribution in [-0.4, -0.2) is 133 Å². The van der Waals surface area contributed by atoms with Crippen molar-refractivity contribution in [2.75, 3.05) is 33.2 Å². The zero-order valence-corrected chi connectivity index (χ0v) is 47.8. The summed E-state index contributed by atoms with van der Waals surface area (Å²) < 4.78 is 40.5. The predicted octanol–water partition coefficient (Wildman–Crippen LogP) is 12.0. The molecule has 2 saturated heterocycles. The second-order valence-corrected chi connectivity index (χ2v) is 34.9. The molecule has 0 bridgehead atoms. The van der Waals surface area contributed by atoms with Gasteiger partial charge in [-0.25, -0.2) is 4.79 Å². The van der Waals surface area contributed by atoms with Gasteiger partial charge in [0.25, 0.3) is 0 Å². The van der Waals surface area contributed by atoms with E-state index in [1.54, 1.807) is 17.9 Å². The van der Waals surface area contributed by atoms with Gasteiger partial charge in [-0.1, -0.05) is 107 Å². The number of allylic oxidation sites excluding steroid dienone is 2. The van der Waals surface area contributed by atoms with Crippen LogP contribution >= 0.6 is 0 Å². The second kappa shape index (κ2) is 26.5. The van der Waals surface area contributed by atoms with Crippen LogP contribution in [-0.2, 0) is 32.3 Å². The molecule has 3 rings (SSSR count). The summed E-state index contributed by atoms with van der Waals surface area (Å²) in [5, 5.41) is 12.1. The molecule has 3 heterocycles. The van der Waals surface area contributed by atoms with Crippen molar-refractivity contribution in [1.29, 1.82) is 0 Å². The van der Waals surface area contributed by atoms with Gasteiger partial charge in [-0.3, -0.25) is 4.79 Å². The van der Waals surface area contributed by atoms with E-state index in [9.17, 15) is 14.7 Å². The molecular formula is C52H98N2O9Si3. The molecule has 66 heavy (non-hydrogen) atoms. The molecule has 6 unspecified atom stereocenters. The Bertz CT molecular complexity index is 1550. The van der Waals surface area contributed by atoms with Gasteiger partial charge in [0, 0.05) is 50.5 Å². The van der Waals surface area contributed by atoms with Crippen molar-refractivity contribution >= 4 is 37.0 Å². The standard InChI is InChI=1S/C52H98N2O9Si3/c1-17-44(62-65(21-5,22-6)23-7)42(13)49-45(58-49)39-51(14,63-66(24-8,25-9)26-10)32-27-28-40(11)48-41(12)29-30-46(59-50(56)54-36-34-53(16)35-37-54)52(15,57)33-31-43(38-47(55)60-48)61-64(18-2,19-3)20-4/h27-30,32,41-46,48-49,57H,17-26,31,33-39H2,1-16H3/b30-29?,32-27+,40-28+/t41?,42-,43?,44+,45+,46?,48?,49+,51?,52?/m1/s1. The topological polar surface area (TPSA) is 120 Å². The van der Waals surface area contributed by atoms with E-state index in [1.165, 1.54) is 0 Å². The fourth-order valence-electron chi connectivity index (χ4n) is 10.4. The molecule has 0 spiro atoms. The van der Waals surface area contributed by atoms with E-state index in [1.807, 2.05) is 27.0 Å². The molecule has 3 aliphatic rings. The second-order valence-electron chi connectivity index (χ2n) is 20.8. The highest BCUT2D eigenvalue weighted by Gasteiger charge is 2.51. The number of cyclic esters (lactones) is 1. The van der Waals surface area contributed by atoms with Crippen LogP contribution in [0.1, 0.15) is 136 Å². The molecule has 11 nitrogen and oxygen atoms in total. The van der Waals surface area contributed by atoms with Crippen LogP contribution in [0.4, 0.5) is 4.79 Å². The van der Waals surface area contributed by atoms with Crippen molar-refractivity contribution in [1.82, 2.24) is 9.80 Å². The first-order valence-corrected chi connectivity index (χ1v) is 34.1. The predicted molar refractivity (Wildman–Crippen MR) is 278 cm³/mol. The minimum atomic E-state index is -2.14. The highest BCUT2D eigenvalue weighted by molar-refractivity contribution is 6.74. The van der Waals surface area contributed by atoms with Crippen molar-refractivity contribution < 1.29 is 42.2 Å². The van der Waals surface area contributed by atoms with E-state index in [-0.39, 0.29) is 49.0 Å². The SMILES string of the molecule is CC[C@H](O[Si](CC)(CC)CC)[C@@H](C)[C@@H]1O[C@H]1CC(C)(/C=C/C=C(\C)C1OC(=O)CC(O[Si](CC)(CC)CC)CCC(C)(O)C(OC(=O)N2CCN(C)CC2)C=CC1C)O[Si](CC)(CC)CC. The quantitative estimate of drug-likeness (QED) is 0.0329. The van der Waals surface area contributed by atoms with Crippen LogP contribution in [0.3, 0.4) is 0 Å². The fourth-order valence-corrected chi connectivity index (χ4v) is 19.5. The first-order valence-electron chi connectivity index (χ1n) is 26.5. The Hall–Kier alpha value is -1.63. The Morgan fingerprint density at radius 1 is 0.909 bits per heavy atom.